The number of amides is 1. The third-order valence-electron chi connectivity index (χ3n) is 3.96. The lowest BCUT2D eigenvalue weighted by Gasteiger charge is -2.18. The SMILES string of the molecule is CCc1ccc(CN2C(=O)C(=O)c3cccc(C)c32)cc1. The number of nitrogens with zero attached hydrogens (tertiary/aromatic N) is 1. The van der Waals surface area contributed by atoms with Gasteiger partial charge in [-0.25, -0.2) is 0 Å². The molecule has 0 fully saturated rings. The number of anilines is 1. The molecule has 3 heteroatoms. The summed E-state index contributed by atoms with van der Waals surface area (Å²) >= 11 is 0. The Kier molecular flexibility index (Phi) is 3.34. The molecule has 2 aromatic carbocycles. The largest absolute Gasteiger partial charge is 0.300 e. The summed E-state index contributed by atoms with van der Waals surface area (Å²) in [6, 6.07) is 13.6. The average Bonchev–Trinajstić information content (AvgIpc) is 2.74. The second kappa shape index (κ2) is 5.17. The standard InChI is InChI=1S/C18H17NO2/c1-3-13-7-9-14(10-8-13)11-19-16-12(2)5-4-6-15(16)17(20)18(19)21/h4-10H,3,11H2,1-2H3. The maximum absolute atomic E-state index is 12.2. The highest BCUT2D eigenvalue weighted by Crippen LogP contribution is 2.33. The summed E-state index contributed by atoms with van der Waals surface area (Å²) in [5.41, 5.74) is 4.53. The lowest BCUT2D eigenvalue weighted by molar-refractivity contribution is -0.114. The Morgan fingerprint density at radius 3 is 2.29 bits per heavy atom. The molecule has 1 aliphatic heterocycles. The molecule has 3 nitrogen and oxygen atoms in total. The van der Waals surface area contributed by atoms with Gasteiger partial charge in [-0.15, -0.1) is 0 Å². The van der Waals surface area contributed by atoms with Gasteiger partial charge in [-0.3, -0.25) is 9.59 Å². The second-order valence-corrected chi connectivity index (χ2v) is 5.36. The minimum atomic E-state index is -0.432. The first kappa shape index (κ1) is 13.6. The van der Waals surface area contributed by atoms with E-state index in [4.69, 9.17) is 0 Å². The van der Waals surface area contributed by atoms with E-state index in [-0.39, 0.29) is 0 Å². The van der Waals surface area contributed by atoms with Crippen LogP contribution in [-0.2, 0) is 17.8 Å². The van der Waals surface area contributed by atoms with Gasteiger partial charge in [-0.1, -0.05) is 43.3 Å². The molecule has 0 unspecified atom stereocenters. The summed E-state index contributed by atoms with van der Waals surface area (Å²) < 4.78 is 0. The zero-order valence-electron chi connectivity index (χ0n) is 12.2. The van der Waals surface area contributed by atoms with Crippen molar-refractivity contribution in [2.45, 2.75) is 26.8 Å². The van der Waals surface area contributed by atoms with Gasteiger partial charge < -0.3 is 4.90 Å². The maximum atomic E-state index is 12.2. The Morgan fingerprint density at radius 2 is 1.62 bits per heavy atom. The normalized spacial score (nSPS) is 13.7. The van der Waals surface area contributed by atoms with Crippen LogP contribution in [0.15, 0.2) is 42.5 Å². The molecular formula is C18H17NO2. The van der Waals surface area contributed by atoms with Crippen molar-refractivity contribution in [2.75, 3.05) is 4.90 Å². The van der Waals surface area contributed by atoms with Crippen LogP contribution in [0.1, 0.15) is 34.0 Å². The molecule has 106 valence electrons. The molecule has 1 amide bonds. The van der Waals surface area contributed by atoms with Gasteiger partial charge in [0.1, 0.15) is 0 Å². The van der Waals surface area contributed by atoms with Crippen LogP contribution in [0.3, 0.4) is 0 Å². The van der Waals surface area contributed by atoms with Crippen LogP contribution in [0.2, 0.25) is 0 Å². The lowest BCUT2D eigenvalue weighted by Crippen LogP contribution is -2.29. The van der Waals surface area contributed by atoms with Crippen LogP contribution >= 0.6 is 0 Å². The van der Waals surface area contributed by atoms with Crippen LogP contribution in [-0.4, -0.2) is 11.7 Å². The van der Waals surface area contributed by atoms with E-state index >= 15 is 0 Å². The van der Waals surface area contributed by atoms with Crippen LogP contribution in [0.25, 0.3) is 0 Å². The lowest BCUT2D eigenvalue weighted by atomic mass is 10.1. The summed E-state index contributed by atoms with van der Waals surface area (Å²) in [6.07, 6.45) is 0.989. The minimum Gasteiger partial charge on any atom is -0.300 e. The van der Waals surface area contributed by atoms with Crippen molar-refractivity contribution in [1.82, 2.24) is 0 Å². The Labute approximate surface area is 124 Å². The monoisotopic (exact) mass is 279 g/mol. The molecule has 0 saturated heterocycles. The zero-order valence-corrected chi connectivity index (χ0v) is 12.2. The highest BCUT2D eigenvalue weighted by Gasteiger charge is 2.36. The first-order chi connectivity index (χ1) is 10.1. The fourth-order valence-electron chi connectivity index (χ4n) is 2.75. The first-order valence-corrected chi connectivity index (χ1v) is 7.15. The quantitative estimate of drug-likeness (QED) is 0.808. The van der Waals surface area contributed by atoms with E-state index in [2.05, 4.69) is 19.1 Å². The van der Waals surface area contributed by atoms with Crippen LogP contribution in [0.5, 0.6) is 0 Å². The molecule has 0 bridgehead atoms. The Hall–Kier alpha value is -2.42. The maximum Gasteiger partial charge on any atom is 0.299 e. The number of hydrogen-bond acceptors (Lipinski definition) is 2. The van der Waals surface area contributed by atoms with Gasteiger partial charge in [0, 0.05) is 0 Å². The van der Waals surface area contributed by atoms with Gasteiger partial charge in [0.15, 0.2) is 0 Å². The van der Waals surface area contributed by atoms with Crippen molar-refractivity contribution in [3.05, 3.63) is 64.7 Å². The molecule has 1 heterocycles. The number of fused-ring (bicyclic) bond motifs is 1. The highest BCUT2D eigenvalue weighted by atomic mass is 16.2. The molecule has 0 radical (unpaired) electrons. The molecule has 0 aliphatic carbocycles. The van der Waals surface area contributed by atoms with Gasteiger partial charge in [-0.2, -0.15) is 0 Å². The summed E-state index contributed by atoms with van der Waals surface area (Å²) in [7, 11) is 0. The number of benzene rings is 2. The summed E-state index contributed by atoms with van der Waals surface area (Å²) in [5.74, 6) is -0.835. The predicted octanol–water partition coefficient (Wildman–Crippen LogP) is 3.29. The number of carbonyl (C=O) groups excluding carboxylic acids is 2. The zero-order chi connectivity index (χ0) is 15.0. The molecule has 0 atom stereocenters. The molecule has 0 N–H and O–H groups in total. The van der Waals surface area contributed by atoms with Gasteiger partial charge >= 0.3 is 0 Å². The Morgan fingerprint density at radius 1 is 0.952 bits per heavy atom. The molecule has 2 aromatic rings. The number of ketones is 1. The van der Waals surface area contributed by atoms with Crippen LogP contribution in [0, 0.1) is 6.92 Å². The van der Waals surface area contributed by atoms with Gasteiger partial charge in [0.2, 0.25) is 0 Å². The number of hydrogen-bond donors (Lipinski definition) is 0. The van der Waals surface area contributed by atoms with Gasteiger partial charge in [0.25, 0.3) is 11.7 Å². The third kappa shape index (κ3) is 2.25. The fraction of sp³-hybridized carbons (Fsp3) is 0.222. The number of aryl methyl sites for hydroxylation is 2. The highest BCUT2D eigenvalue weighted by molar-refractivity contribution is 6.52. The topological polar surface area (TPSA) is 37.4 Å². The van der Waals surface area contributed by atoms with Crippen LogP contribution < -0.4 is 4.90 Å². The Bertz CT molecular complexity index is 716. The van der Waals surface area contributed by atoms with Gasteiger partial charge in [-0.05, 0) is 36.1 Å². The average molecular weight is 279 g/mol. The van der Waals surface area contributed by atoms with E-state index in [0.29, 0.717) is 12.1 Å². The van der Waals surface area contributed by atoms with E-state index in [1.807, 2.05) is 31.2 Å². The summed E-state index contributed by atoms with van der Waals surface area (Å²) in [4.78, 5) is 25.9. The molecule has 3 rings (SSSR count). The van der Waals surface area contributed by atoms with E-state index in [1.165, 1.54) is 5.56 Å². The van der Waals surface area contributed by atoms with Crippen molar-refractivity contribution in [1.29, 1.82) is 0 Å². The molecule has 1 aliphatic rings. The van der Waals surface area contributed by atoms with Crippen LogP contribution in [0.4, 0.5) is 5.69 Å². The van der Waals surface area contributed by atoms with E-state index in [0.717, 1.165) is 23.2 Å². The number of Topliss-reactive ketones (excluding diaryl/α,β-unsaturated/α-hetero) is 1. The first-order valence-electron chi connectivity index (χ1n) is 7.15. The molecule has 0 spiro atoms. The number of para-hydroxylation sites is 1. The molecule has 21 heavy (non-hydrogen) atoms. The molecule has 0 saturated carbocycles. The molecule has 0 aromatic heterocycles. The van der Waals surface area contributed by atoms with Gasteiger partial charge in [0.05, 0.1) is 17.8 Å². The van der Waals surface area contributed by atoms with Crippen molar-refractivity contribution in [2.24, 2.45) is 0 Å². The van der Waals surface area contributed by atoms with Crippen molar-refractivity contribution in [3.63, 3.8) is 0 Å². The summed E-state index contributed by atoms with van der Waals surface area (Å²) in [6.45, 7) is 4.47. The number of carbonyl (C=O) groups is 2. The molecular weight excluding hydrogens is 262 g/mol. The summed E-state index contributed by atoms with van der Waals surface area (Å²) in [5, 5.41) is 0. The number of rotatable bonds is 3. The third-order valence-corrected chi connectivity index (χ3v) is 3.96. The van der Waals surface area contributed by atoms with Crippen molar-refractivity contribution < 1.29 is 9.59 Å². The fourth-order valence-corrected chi connectivity index (χ4v) is 2.75. The van der Waals surface area contributed by atoms with E-state index in [9.17, 15) is 9.59 Å². The Balaban J connectivity index is 1.96. The smallest absolute Gasteiger partial charge is 0.299 e. The van der Waals surface area contributed by atoms with E-state index in [1.54, 1.807) is 11.0 Å². The van der Waals surface area contributed by atoms with Crippen molar-refractivity contribution in [3.8, 4) is 0 Å². The van der Waals surface area contributed by atoms with E-state index < -0.39 is 11.7 Å². The minimum absolute atomic E-state index is 0.404. The predicted molar refractivity (Wildman–Crippen MR) is 82.5 cm³/mol. The second-order valence-electron chi connectivity index (χ2n) is 5.36. The van der Waals surface area contributed by atoms with Crippen molar-refractivity contribution >= 4 is 17.4 Å².